The molecular weight excluding hydrogens is 124 g/mol. The molecule has 2 atom stereocenters. The first kappa shape index (κ1) is 7.63. The second-order valence-corrected chi connectivity index (χ2v) is 3.02. The van der Waals surface area contributed by atoms with Crippen LogP contribution in [0.4, 0.5) is 0 Å². The number of hydrogen-bond acceptors (Lipinski definition) is 1. The van der Waals surface area contributed by atoms with Gasteiger partial charge in [-0.25, -0.2) is 0 Å². The normalized spacial score (nSPS) is 33.2. The van der Waals surface area contributed by atoms with Gasteiger partial charge in [-0.05, 0) is 18.8 Å². The molecule has 0 aromatic carbocycles. The third-order valence-electron chi connectivity index (χ3n) is 2.25. The van der Waals surface area contributed by atoms with E-state index in [4.69, 9.17) is 6.42 Å². The van der Waals surface area contributed by atoms with Crippen LogP contribution in [0, 0.1) is 18.3 Å². The zero-order valence-electron chi connectivity index (χ0n) is 6.21. The first-order valence-electron chi connectivity index (χ1n) is 3.96. The summed E-state index contributed by atoms with van der Waals surface area (Å²) in [5.41, 5.74) is 0. The Morgan fingerprint density at radius 2 is 2.10 bits per heavy atom. The zero-order valence-corrected chi connectivity index (χ0v) is 6.21. The minimum absolute atomic E-state index is 0.121. The largest absolute Gasteiger partial charge is 0.393 e. The average Bonchev–Trinajstić information content (AvgIpc) is 1.94. The molecule has 1 heteroatoms. The summed E-state index contributed by atoms with van der Waals surface area (Å²) < 4.78 is 0. The van der Waals surface area contributed by atoms with E-state index in [-0.39, 0.29) is 6.10 Å². The molecule has 0 bridgehead atoms. The molecule has 1 nitrogen and oxygen atoms in total. The summed E-state index contributed by atoms with van der Waals surface area (Å²) >= 11 is 0. The molecule has 2 unspecified atom stereocenters. The van der Waals surface area contributed by atoms with E-state index in [1.807, 2.05) is 0 Å². The standard InChI is InChI=1S/C9H14O/c1-2-5-8-6-3-4-7-9(8)10/h1,8-10H,3-7H2. The minimum atomic E-state index is -0.121. The molecule has 0 amide bonds. The summed E-state index contributed by atoms with van der Waals surface area (Å²) in [6.45, 7) is 0. The smallest absolute Gasteiger partial charge is 0.0577 e. The first-order chi connectivity index (χ1) is 4.84. The van der Waals surface area contributed by atoms with Gasteiger partial charge in [0.25, 0.3) is 0 Å². The molecule has 1 N–H and O–H groups in total. The maximum Gasteiger partial charge on any atom is 0.0577 e. The molecule has 1 saturated carbocycles. The van der Waals surface area contributed by atoms with Crippen LogP contribution in [-0.4, -0.2) is 11.2 Å². The highest BCUT2D eigenvalue weighted by atomic mass is 16.3. The lowest BCUT2D eigenvalue weighted by Crippen LogP contribution is -2.23. The Labute approximate surface area is 62.4 Å². The predicted molar refractivity (Wildman–Crippen MR) is 41.4 cm³/mol. The van der Waals surface area contributed by atoms with Crippen LogP contribution in [0.25, 0.3) is 0 Å². The average molecular weight is 138 g/mol. The van der Waals surface area contributed by atoms with Crippen molar-refractivity contribution >= 4 is 0 Å². The van der Waals surface area contributed by atoms with Crippen molar-refractivity contribution in [2.24, 2.45) is 5.92 Å². The lowest BCUT2D eigenvalue weighted by atomic mass is 9.85. The summed E-state index contributed by atoms with van der Waals surface area (Å²) in [5, 5.41) is 9.40. The molecule has 0 aliphatic heterocycles. The van der Waals surface area contributed by atoms with Crippen LogP contribution in [0.2, 0.25) is 0 Å². The number of terminal acetylenes is 1. The quantitative estimate of drug-likeness (QED) is 0.545. The first-order valence-corrected chi connectivity index (χ1v) is 3.96. The molecule has 0 heterocycles. The van der Waals surface area contributed by atoms with E-state index in [2.05, 4.69) is 5.92 Å². The Balaban J connectivity index is 2.34. The Bertz CT molecular complexity index is 134. The van der Waals surface area contributed by atoms with Crippen molar-refractivity contribution in [1.82, 2.24) is 0 Å². The second kappa shape index (κ2) is 3.63. The van der Waals surface area contributed by atoms with Gasteiger partial charge < -0.3 is 5.11 Å². The van der Waals surface area contributed by atoms with Crippen molar-refractivity contribution in [3.63, 3.8) is 0 Å². The van der Waals surface area contributed by atoms with E-state index in [0.29, 0.717) is 5.92 Å². The van der Waals surface area contributed by atoms with Crippen LogP contribution in [0.5, 0.6) is 0 Å². The predicted octanol–water partition coefficient (Wildman–Crippen LogP) is 1.56. The topological polar surface area (TPSA) is 20.2 Å². The summed E-state index contributed by atoms with van der Waals surface area (Å²) in [4.78, 5) is 0. The van der Waals surface area contributed by atoms with Crippen molar-refractivity contribution < 1.29 is 5.11 Å². The molecule has 1 fully saturated rings. The van der Waals surface area contributed by atoms with E-state index in [1.54, 1.807) is 0 Å². The molecule has 1 aliphatic carbocycles. The van der Waals surface area contributed by atoms with Gasteiger partial charge in [-0.1, -0.05) is 12.8 Å². The van der Waals surface area contributed by atoms with Crippen molar-refractivity contribution in [3.8, 4) is 12.3 Å². The molecule has 0 aromatic heterocycles. The van der Waals surface area contributed by atoms with Gasteiger partial charge in [-0.15, -0.1) is 12.3 Å². The van der Waals surface area contributed by atoms with Gasteiger partial charge >= 0.3 is 0 Å². The lowest BCUT2D eigenvalue weighted by Gasteiger charge is -2.25. The third-order valence-corrected chi connectivity index (χ3v) is 2.25. The van der Waals surface area contributed by atoms with Gasteiger partial charge in [0.2, 0.25) is 0 Å². The minimum Gasteiger partial charge on any atom is -0.393 e. The Hall–Kier alpha value is -0.480. The molecule has 1 rings (SSSR count). The van der Waals surface area contributed by atoms with E-state index >= 15 is 0 Å². The van der Waals surface area contributed by atoms with Crippen LogP contribution in [0.1, 0.15) is 32.1 Å². The van der Waals surface area contributed by atoms with Crippen LogP contribution in [0.15, 0.2) is 0 Å². The van der Waals surface area contributed by atoms with Gasteiger partial charge in [-0.3, -0.25) is 0 Å². The highest BCUT2D eigenvalue weighted by molar-refractivity contribution is 4.90. The van der Waals surface area contributed by atoms with Crippen LogP contribution >= 0.6 is 0 Å². The van der Waals surface area contributed by atoms with Crippen molar-refractivity contribution in [2.75, 3.05) is 0 Å². The van der Waals surface area contributed by atoms with Gasteiger partial charge in [0.15, 0.2) is 0 Å². The summed E-state index contributed by atoms with van der Waals surface area (Å²) in [6.07, 6.45) is 10.3. The maximum atomic E-state index is 9.40. The molecule has 56 valence electrons. The Morgan fingerprint density at radius 3 is 2.70 bits per heavy atom. The molecule has 1 aliphatic rings. The lowest BCUT2D eigenvalue weighted by molar-refractivity contribution is 0.0725. The Morgan fingerprint density at radius 1 is 1.40 bits per heavy atom. The fraction of sp³-hybridized carbons (Fsp3) is 0.778. The molecule has 0 saturated heterocycles. The van der Waals surface area contributed by atoms with E-state index < -0.39 is 0 Å². The van der Waals surface area contributed by atoms with Crippen LogP contribution < -0.4 is 0 Å². The zero-order chi connectivity index (χ0) is 7.40. The molecular formula is C9H14O. The highest BCUT2D eigenvalue weighted by Crippen LogP contribution is 2.26. The monoisotopic (exact) mass is 138 g/mol. The molecule has 10 heavy (non-hydrogen) atoms. The van der Waals surface area contributed by atoms with Gasteiger partial charge in [-0.2, -0.15) is 0 Å². The van der Waals surface area contributed by atoms with E-state index in [9.17, 15) is 5.11 Å². The summed E-state index contributed by atoms with van der Waals surface area (Å²) in [6, 6.07) is 0. The third kappa shape index (κ3) is 1.75. The van der Waals surface area contributed by atoms with Crippen LogP contribution in [-0.2, 0) is 0 Å². The molecule has 0 aromatic rings. The van der Waals surface area contributed by atoms with Gasteiger partial charge in [0.1, 0.15) is 0 Å². The number of hydrogen-bond donors (Lipinski definition) is 1. The van der Waals surface area contributed by atoms with Crippen molar-refractivity contribution in [3.05, 3.63) is 0 Å². The SMILES string of the molecule is C#CCC1CCCCC1O. The maximum absolute atomic E-state index is 9.40. The fourth-order valence-electron chi connectivity index (χ4n) is 1.58. The summed E-state index contributed by atoms with van der Waals surface area (Å²) in [5.74, 6) is 3.00. The van der Waals surface area contributed by atoms with Gasteiger partial charge in [0, 0.05) is 6.42 Å². The summed E-state index contributed by atoms with van der Waals surface area (Å²) in [7, 11) is 0. The highest BCUT2D eigenvalue weighted by Gasteiger charge is 2.21. The van der Waals surface area contributed by atoms with Crippen molar-refractivity contribution in [1.29, 1.82) is 0 Å². The second-order valence-electron chi connectivity index (χ2n) is 3.02. The number of aliphatic hydroxyl groups excluding tert-OH is 1. The van der Waals surface area contributed by atoms with E-state index in [0.717, 1.165) is 19.3 Å². The van der Waals surface area contributed by atoms with Gasteiger partial charge in [0.05, 0.1) is 6.10 Å². The molecule has 0 radical (unpaired) electrons. The fourth-order valence-corrected chi connectivity index (χ4v) is 1.58. The van der Waals surface area contributed by atoms with Crippen LogP contribution in [0.3, 0.4) is 0 Å². The van der Waals surface area contributed by atoms with Crippen molar-refractivity contribution in [2.45, 2.75) is 38.2 Å². The molecule has 0 spiro atoms. The van der Waals surface area contributed by atoms with E-state index in [1.165, 1.54) is 12.8 Å². The Kier molecular flexibility index (Phi) is 2.77. The number of rotatable bonds is 1. The number of aliphatic hydroxyl groups is 1.